The van der Waals surface area contributed by atoms with Crippen LogP contribution in [0.15, 0.2) is 60.7 Å². The molecule has 3 aromatic rings. The highest BCUT2D eigenvalue weighted by Crippen LogP contribution is 2.46. The summed E-state index contributed by atoms with van der Waals surface area (Å²) >= 11 is 5.96. The van der Waals surface area contributed by atoms with Crippen LogP contribution in [0.5, 0.6) is 0 Å². The molecule has 3 nitrogen and oxygen atoms in total. The molecule has 30 heavy (non-hydrogen) atoms. The summed E-state index contributed by atoms with van der Waals surface area (Å²) < 4.78 is 1.66. The first-order chi connectivity index (χ1) is 14.5. The minimum Gasteiger partial charge on any atom is -0.267 e. The number of allylic oxidation sites excluding steroid dienone is 1. The third-order valence-corrected chi connectivity index (χ3v) is 6.32. The molecule has 0 amide bonds. The van der Waals surface area contributed by atoms with Crippen molar-refractivity contribution in [1.29, 1.82) is 0 Å². The molecule has 1 aliphatic rings. The summed E-state index contributed by atoms with van der Waals surface area (Å²) in [5.74, 6) is 1.05. The highest BCUT2D eigenvalue weighted by molar-refractivity contribution is 6.30. The fourth-order valence-corrected chi connectivity index (χ4v) is 4.56. The Bertz CT molecular complexity index is 1060. The van der Waals surface area contributed by atoms with Crippen LogP contribution < -0.4 is 0 Å². The van der Waals surface area contributed by atoms with Crippen LogP contribution in [-0.4, -0.2) is 15.7 Å². The summed E-state index contributed by atoms with van der Waals surface area (Å²) in [6.07, 6.45) is 5.64. The summed E-state index contributed by atoms with van der Waals surface area (Å²) in [5, 5.41) is 5.55. The number of nitrogens with zero attached hydrogens (tertiary/aromatic N) is 2. The minimum atomic E-state index is -0.108. The van der Waals surface area contributed by atoms with Crippen molar-refractivity contribution < 1.29 is 4.79 Å². The van der Waals surface area contributed by atoms with E-state index in [-0.39, 0.29) is 5.91 Å². The van der Waals surface area contributed by atoms with Crippen LogP contribution in [0.4, 0.5) is 0 Å². The van der Waals surface area contributed by atoms with Crippen LogP contribution in [0.25, 0.3) is 17.3 Å². The topological polar surface area (TPSA) is 34.9 Å². The van der Waals surface area contributed by atoms with Gasteiger partial charge in [-0.15, -0.1) is 0 Å². The van der Waals surface area contributed by atoms with Crippen LogP contribution >= 0.6 is 11.6 Å². The lowest BCUT2D eigenvalue weighted by atomic mass is 9.75. The number of benzene rings is 2. The number of hydrogen-bond acceptors (Lipinski definition) is 2. The number of hydrogen-bond donors (Lipinski definition) is 0. The molecule has 1 heterocycles. The SMILES string of the molecule is CC(C)[C@H]1CC[C@H](C)c2c(-c3ccccc3)nn(C(=O)/C=C/c3ccc(Cl)cc3)c21. The number of carbonyl (C=O) groups excluding carboxylic acids is 1. The molecule has 154 valence electrons. The van der Waals surface area contributed by atoms with E-state index in [0.29, 0.717) is 22.8 Å². The standard InChI is InChI=1S/C26H27ClN2O/c1-17(2)22-15-9-18(3)24-25(20-7-5-4-6-8-20)28-29(26(22)24)23(30)16-12-19-10-13-21(27)14-11-19/h4-8,10-14,16-18,22H,9,15H2,1-3H3/b16-12+/t18-,22+/m0/s1. The minimum absolute atomic E-state index is 0.108. The summed E-state index contributed by atoms with van der Waals surface area (Å²) in [7, 11) is 0. The van der Waals surface area contributed by atoms with Gasteiger partial charge < -0.3 is 0 Å². The van der Waals surface area contributed by atoms with Crippen LogP contribution in [0.3, 0.4) is 0 Å². The second-order valence-electron chi connectivity index (χ2n) is 8.48. The van der Waals surface area contributed by atoms with Crippen LogP contribution in [0.1, 0.15) is 67.1 Å². The highest BCUT2D eigenvalue weighted by atomic mass is 35.5. The lowest BCUT2D eigenvalue weighted by Gasteiger charge is -2.30. The third-order valence-electron chi connectivity index (χ3n) is 6.06. The molecule has 0 saturated heterocycles. The van der Waals surface area contributed by atoms with E-state index in [2.05, 4.69) is 32.9 Å². The first-order valence-electron chi connectivity index (χ1n) is 10.6. The van der Waals surface area contributed by atoms with Gasteiger partial charge in [0.05, 0.1) is 11.4 Å². The predicted octanol–water partition coefficient (Wildman–Crippen LogP) is 7.19. The second kappa shape index (κ2) is 8.61. The van der Waals surface area contributed by atoms with Crippen molar-refractivity contribution in [3.05, 3.63) is 82.5 Å². The van der Waals surface area contributed by atoms with Crippen molar-refractivity contribution in [2.24, 2.45) is 5.92 Å². The molecule has 0 unspecified atom stereocenters. The first kappa shape index (κ1) is 20.6. The van der Waals surface area contributed by atoms with E-state index < -0.39 is 0 Å². The largest absolute Gasteiger partial charge is 0.271 e. The average Bonchev–Trinajstić information content (AvgIpc) is 3.15. The van der Waals surface area contributed by atoms with Crippen molar-refractivity contribution in [2.75, 3.05) is 0 Å². The molecule has 0 spiro atoms. The van der Waals surface area contributed by atoms with Crippen molar-refractivity contribution in [3.63, 3.8) is 0 Å². The molecule has 0 N–H and O–H groups in total. The lowest BCUT2D eigenvalue weighted by Crippen LogP contribution is -2.23. The number of rotatable bonds is 4. The van der Waals surface area contributed by atoms with Crippen molar-refractivity contribution in [1.82, 2.24) is 9.78 Å². The van der Waals surface area contributed by atoms with Gasteiger partial charge in [-0.1, -0.05) is 74.8 Å². The molecule has 4 rings (SSSR count). The maximum Gasteiger partial charge on any atom is 0.271 e. The van der Waals surface area contributed by atoms with Crippen LogP contribution in [0.2, 0.25) is 5.02 Å². The first-order valence-corrected chi connectivity index (χ1v) is 11.0. The van der Waals surface area contributed by atoms with Crippen molar-refractivity contribution in [3.8, 4) is 11.3 Å². The third kappa shape index (κ3) is 3.99. The molecule has 1 aromatic heterocycles. The molecule has 0 saturated carbocycles. The molecule has 4 heteroatoms. The van der Waals surface area contributed by atoms with Crippen molar-refractivity contribution >= 4 is 23.6 Å². The van der Waals surface area contributed by atoms with Crippen LogP contribution in [0, 0.1) is 5.92 Å². The van der Waals surface area contributed by atoms with E-state index in [9.17, 15) is 4.79 Å². The van der Waals surface area contributed by atoms with E-state index in [4.69, 9.17) is 16.7 Å². The Labute approximate surface area is 183 Å². The van der Waals surface area contributed by atoms with E-state index >= 15 is 0 Å². The van der Waals surface area contributed by atoms with Gasteiger partial charge >= 0.3 is 0 Å². The Balaban J connectivity index is 1.80. The van der Waals surface area contributed by atoms with Crippen molar-refractivity contribution in [2.45, 2.75) is 45.4 Å². The quantitative estimate of drug-likeness (QED) is 0.420. The summed E-state index contributed by atoms with van der Waals surface area (Å²) in [5.41, 5.74) is 5.27. The van der Waals surface area contributed by atoms with Gasteiger partial charge in [0.2, 0.25) is 0 Å². The zero-order chi connectivity index (χ0) is 21.3. The Kier molecular flexibility index (Phi) is 5.92. The normalized spacial score (nSPS) is 18.7. The molecule has 2 atom stereocenters. The van der Waals surface area contributed by atoms with Gasteiger partial charge in [0, 0.05) is 28.1 Å². The van der Waals surface area contributed by atoms with Gasteiger partial charge in [-0.2, -0.15) is 5.10 Å². The fraction of sp³-hybridized carbons (Fsp3) is 0.308. The number of aromatic nitrogens is 2. The zero-order valence-corrected chi connectivity index (χ0v) is 18.4. The zero-order valence-electron chi connectivity index (χ0n) is 17.7. The molecule has 0 fully saturated rings. The van der Waals surface area contributed by atoms with Crippen LogP contribution in [-0.2, 0) is 0 Å². The van der Waals surface area contributed by atoms with Gasteiger partial charge in [-0.25, -0.2) is 4.68 Å². The molecule has 0 aliphatic heterocycles. The maximum atomic E-state index is 13.3. The summed E-state index contributed by atoms with van der Waals surface area (Å²) in [6, 6.07) is 17.7. The number of carbonyl (C=O) groups is 1. The van der Waals surface area contributed by atoms with Gasteiger partial charge in [-0.05, 0) is 48.4 Å². The number of fused-ring (bicyclic) bond motifs is 1. The second-order valence-corrected chi connectivity index (χ2v) is 8.91. The smallest absolute Gasteiger partial charge is 0.267 e. The monoisotopic (exact) mass is 418 g/mol. The van der Waals surface area contributed by atoms with E-state index in [1.165, 1.54) is 5.56 Å². The summed E-state index contributed by atoms with van der Waals surface area (Å²) in [4.78, 5) is 13.3. The highest BCUT2D eigenvalue weighted by Gasteiger charge is 2.35. The molecule has 1 aliphatic carbocycles. The van der Waals surface area contributed by atoms with Gasteiger partial charge in [0.25, 0.3) is 5.91 Å². The van der Waals surface area contributed by atoms with E-state index in [1.807, 2.05) is 48.5 Å². The maximum absolute atomic E-state index is 13.3. The molecule has 2 aromatic carbocycles. The molecule has 0 bridgehead atoms. The number of halogens is 1. The van der Waals surface area contributed by atoms with E-state index in [0.717, 1.165) is 35.4 Å². The van der Waals surface area contributed by atoms with Gasteiger partial charge in [0.1, 0.15) is 0 Å². The average molecular weight is 419 g/mol. The molecular weight excluding hydrogens is 392 g/mol. The summed E-state index contributed by atoms with van der Waals surface area (Å²) in [6.45, 7) is 6.72. The predicted molar refractivity (Wildman–Crippen MR) is 124 cm³/mol. The Hall–Kier alpha value is -2.65. The Morgan fingerprint density at radius 2 is 1.80 bits per heavy atom. The molecular formula is C26H27ClN2O. The Morgan fingerprint density at radius 3 is 2.47 bits per heavy atom. The fourth-order valence-electron chi connectivity index (χ4n) is 4.43. The Morgan fingerprint density at radius 1 is 1.10 bits per heavy atom. The molecule has 0 radical (unpaired) electrons. The lowest BCUT2D eigenvalue weighted by molar-refractivity contribution is 0.0947. The van der Waals surface area contributed by atoms with Gasteiger partial charge in [0.15, 0.2) is 0 Å². The van der Waals surface area contributed by atoms with Gasteiger partial charge in [-0.3, -0.25) is 4.79 Å². The van der Waals surface area contributed by atoms with E-state index in [1.54, 1.807) is 10.8 Å².